The maximum Gasteiger partial charge on any atom is 0.135 e. The molecule has 0 radical (unpaired) electrons. The molecule has 0 bridgehead atoms. The predicted octanol–water partition coefficient (Wildman–Crippen LogP) is 17.1. The molecule has 0 aromatic heterocycles. The summed E-state index contributed by atoms with van der Waals surface area (Å²) in [6, 6.07) is 85.7. The second-order valence-electron chi connectivity index (χ2n) is 16.0. The van der Waals surface area contributed by atoms with Crippen molar-refractivity contribution in [3.05, 3.63) is 237 Å². The van der Waals surface area contributed by atoms with Crippen molar-refractivity contribution >= 4 is 49.4 Å². The first-order valence-corrected chi connectivity index (χ1v) is 21.2. The molecule has 0 spiro atoms. The number of anilines is 3. The van der Waals surface area contributed by atoms with Crippen LogP contribution >= 0.6 is 0 Å². The van der Waals surface area contributed by atoms with Crippen LogP contribution in [0.25, 0.3) is 88.0 Å². The molecule has 0 aliphatic carbocycles. The average Bonchev–Trinajstić information content (AvgIpc) is 3.34. The van der Waals surface area contributed by atoms with Crippen LogP contribution in [0.4, 0.5) is 17.1 Å². The van der Waals surface area contributed by atoms with Crippen LogP contribution in [-0.2, 0) is 0 Å². The van der Waals surface area contributed by atoms with Crippen LogP contribution in [0.5, 0.6) is 11.5 Å². The summed E-state index contributed by atoms with van der Waals surface area (Å²) in [5.41, 5.74) is 15.0. The topological polar surface area (TPSA) is 12.5 Å². The molecule has 290 valence electrons. The lowest BCUT2D eigenvalue weighted by Crippen LogP contribution is -2.11. The zero-order valence-electron chi connectivity index (χ0n) is 33.9. The number of nitrogens with zero attached hydrogens (tertiary/aromatic N) is 1. The Morgan fingerprint density at radius 2 is 0.839 bits per heavy atom. The van der Waals surface area contributed by atoms with Crippen molar-refractivity contribution in [2.24, 2.45) is 0 Å². The maximum atomic E-state index is 6.41. The molecule has 2 nitrogen and oxygen atoms in total. The molecule has 1 heterocycles. The lowest BCUT2D eigenvalue weighted by atomic mass is 9.90. The van der Waals surface area contributed by atoms with Crippen LogP contribution in [0.1, 0.15) is 0 Å². The Hall–Kier alpha value is -8.20. The molecule has 0 saturated heterocycles. The molecular formula is C60H39NO. The summed E-state index contributed by atoms with van der Waals surface area (Å²) >= 11 is 0. The Morgan fingerprint density at radius 3 is 1.69 bits per heavy atom. The van der Waals surface area contributed by atoms with E-state index in [0.29, 0.717) is 0 Å². The molecule has 0 N–H and O–H groups in total. The van der Waals surface area contributed by atoms with Gasteiger partial charge in [-0.3, -0.25) is 0 Å². The van der Waals surface area contributed by atoms with Crippen molar-refractivity contribution < 1.29 is 4.74 Å². The van der Waals surface area contributed by atoms with Crippen molar-refractivity contribution in [3.63, 3.8) is 0 Å². The van der Waals surface area contributed by atoms with Crippen molar-refractivity contribution in [3.8, 4) is 67.1 Å². The summed E-state index contributed by atoms with van der Waals surface area (Å²) < 4.78 is 6.41. The first-order valence-electron chi connectivity index (χ1n) is 21.2. The minimum atomic E-state index is 0.885. The summed E-state index contributed by atoms with van der Waals surface area (Å²) in [6.07, 6.45) is 0. The summed E-state index contributed by atoms with van der Waals surface area (Å²) in [5, 5.41) is 7.22. The fourth-order valence-corrected chi connectivity index (χ4v) is 9.62. The molecule has 1 aliphatic rings. The Kier molecular flexibility index (Phi) is 8.53. The third-order valence-corrected chi connectivity index (χ3v) is 12.4. The van der Waals surface area contributed by atoms with E-state index in [2.05, 4.69) is 235 Å². The first kappa shape index (κ1) is 35.7. The SMILES string of the molecule is c1ccc(-c2cccc3cccc(-c4ccccc4N(c4cccc(-c5cc6c7c(cccc7c5)Oc5ccccc5-6)c4)c4cccc(-c5cccc6ccccc56)c4)c23)cc1. The molecule has 0 unspecified atom stereocenters. The van der Waals surface area contributed by atoms with Crippen LogP contribution in [0.3, 0.4) is 0 Å². The molecule has 2 heteroatoms. The van der Waals surface area contributed by atoms with Gasteiger partial charge in [-0.05, 0) is 126 Å². The van der Waals surface area contributed by atoms with Crippen LogP contribution < -0.4 is 9.64 Å². The largest absolute Gasteiger partial charge is 0.456 e. The normalized spacial score (nSPS) is 11.7. The molecule has 62 heavy (non-hydrogen) atoms. The second-order valence-corrected chi connectivity index (χ2v) is 16.0. The van der Waals surface area contributed by atoms with Crippen molar-refractivity contribution in [2.45, 2.75) is 0 Å². The fraction of sp³-hybridized carbons (Fsp3) is 0. The van der Waals surface area contributed by atoms with Crippen molar-refractivity contribution in [2.75, 3.05) is 4.90 Å². The number of hydrogen-bond acceptors (Lipinski definition) is 2. The van der Waals surface area contributed by atoms with Crippen LogP contribution in [0.2, 0.25) is 0 Å². The third kappa shape index (κ3) is 6.04. The van der Waals surface area contributed by atoms with Gasteiger partial charge in [0, 0.05) is 27.9 Å². The second kappa shape index (κ2) is 14.8. The molecule has 11 aromatic carbocycles. The van der Waals surface area contributed by atoms with E-state index >= 15 is 0 Å². The predicted molar refractivity (Wildman–Crippen MR) is 261 cm³/mol. The highest BCUT2D eigenvalue weighted by atomic mass is 16.5. The summed E-state index contributed by atoms with van der Waals surface area (Å²) in [4.78, 5) is 2.45. The van der Waals surface area contributed by atoms with Crippen LogP contribution in [0.15, 0.2) is 237 Å². The zero-order chi connectivity index (χ0) is 41.0. The van der Waals surface area contributed by atoms with Gasteiger partial charge in [0.15, 0.2) is 0 Å². The van der Waals surface area contributed by atoms with Gasteiger partial charge in [0.25, 0.3) is 0 Å². The van der Waals surface area contributed by atoms with Gasteiger partial charge in [-0.1, -0.05) is 182 Å². The van der Waals surface area contributed by atoms with E-state index in [9.17, 15) is 0 Å². The standard InChI is InChI=1S/C60H39NO/c1-2-16-41(17-3-1)51-31-13-20-42-21-14-32-54(59(42)51)52-28-6-8-33-56(52)61(48-26-11-23-44(38-48)50-30-12-19-40-18-4-5-27-49(40)50)47-25-10-22-43(37-47)46-36-45-24-15-35-58-60(45)55(39-46)53-29-7-9-34-57(53)62-58/h1-39H. The van der Waals surface area contributed by atoms with Crippen LogP contribution in [0, 0.1) is 0 Å². The number of hydrogen-bond donors (Lipinski definition) is 0. The zero-order valence-corrected chi connectivity index (χ0v) is 33.9. The molecule has 0 saturated carbocycles. The Labute approximate surface area is 361 Å². The highest BCUT2D eigenvalue weighted by Crippen LogP contribution is 2.49. The number of benzene rings is 11. The minimum absolute atomic E-state index is 0.885. The average molecular weight is 790 g/mol. The summed E-state index contributed by atoms with van der Waals surface area (Å²) in [6.45, 7) is 0. The van der Waals surface area contributed by atoms with E-state index in [1.807, 2.05) is 6.07 Å². The van der Waals surface area contributed by atoms with E-state index in [1.165, 1.54) is 54.9 Å². The quantitative estimate of drug-likeness (QED) is 0.159. The first-order chi connectivity index (χ1) is 30.7. The molecule has 0 fully saturated rings. The maximum absolute atomic E-state index is 6.41. The van der Waals surface area contributed by atoms with Gasteiger partial charge in [-0.2, -0.15) is 0 Å². The van der Waals surface area contributed by atoms with E-state index in [0.717, 1.165) is 61.6 Å². The molecule has 1 aliphatic heterocycles. The van der Waals surface area contributed by atoms with Crippen LogP contribution in [-0.4, -0.2) is 0 Å². The van der Waals surface area contributed by atoms with Gasteiger partial charge in [0.05, 0.1) is 5.69 Å². The van der Waals surface area contributed by atoms with Gasteiger partial charge < -0.3 is 9.64 Å². The Balaban J connectivity index is 1.08. The summed E-state index contributed by atoms with van der Waals surface area (Å²) in [7, 11) is 0. The third-order valence-electron chi connectivity index (χ3n) is 12.4. The fourth-order valence-electron chi connectivity index (χ4n) is 9.62. The molecule has 12 rings (SSSR count). The Bertz CT molecular complexity index is 3500. The molecule has 0 atom stereocenters. The smallest absolute Gasteiger partial charge is 0.135 e. The number of ether oxygens (including phenoxy) is 1. The minimum Gasteiger partial charge on any atom is -0.456 e. The molecular weight excluding hydrogens is 751 g/mol. The van der Waals surface area contributed by atoms with E-state index in [4.69, 9.17) is 4.74 Å². The highest BCUT2D eigenvalue weighted by molar-refractivity contribution is 6.10. The lowest BCUT2D eigenvalue weighted by Gasteiger charge is -2.29. The molecule has 0 amide bonds. The molecule has 11 aromatic rings. The van der Waals surface area contributed by atoms with Gasteiger partial charge in [0.2, 0.25) is 0 Å². The number of para-hydroxylation sites is 2. The van der Waals surface area contributed by atoms with E-state index < -0.39 is 0 Å². The lowest BCUT2D eigenvalue weighted by molar-refractivity contribution is 0.487. The summed E-state index contributed by atoms with van der Waals surface area (Å²) in [5.74, 6) is 1.78. The monoisotopic (exact) mass is 789 g/mol. The number of fused-ring (bicyclic) bond motifs is 4. The van der Waals surface area contributed by atoms with E-state index in [1.54, 1.807) is 0 Å². The van der Waals surface area contributed by atoms with Gasteiger partial charge in [0.1, 0.15) is 11.5 Å². The Morgan fingerprint density at radius 1 is 0.274 bits per heavy atom. The van der Waals surface area contributed by atoms with Crippen molar-refractivity contribution in [1.29, 1.82) is 0 Å². The van der Waals surface area contributed by atoms with Gasteiger partial charge in [-0.15, -0.1) is 0 Å². The van der Waals surface area contributed by atoms with Gasteiger partial charge in [-0.25, -0.2) is 0 Å². The highest BCUT2D eigenvalue weighted by Gasteiger charge is 2.23. The number of rotatable bonds is 7. The van der Waals surface area contributed by atoms with E-state index in [-0.39, 0.29) is 0 Å². The van der Waals surface area contributed by atoms with Gasteiger partial charge >= 0.3 is 0 Å². The van der Waals surface area contributed by atoms with Crippen molar-refractivity contribution in [1.82, 2.24) is 0 Å².